The molecule has 2 aromatic rings. The van der Waals surface area contributed by atoms with Crippen LogP contribution in [0.2, 0.25) is 0 Å². The maximum Gasteiger partial charge on any atom is 0.339 e. The first kappa shape index (κ1) is 13.7. The van der Waals surface area contributed by atoms with Gasteiger partial charge in [-0.25, -0.2) is 4.79 Å². The van der Waals surface area contributed by atoms with Gasteiger partial charge in [-0.15, -0.1) is 0 Å². The van der Waals surface area contributed by atoms with Gasteiger partial charge in [0.25, 0.3) is 0 Å². The van der Waals surface area contributed by atoms with E-state index in [1.807, 2.05) is 12.1 Å². The smallest absolute Gasteiger partial charge is 0.339 e. The van der Waals surface area contributed by atoms with E-state index >= 15 is 0 Å². The number of aromatic amines is 1. The van der Waals surface area contributed by atoms with E-state index in [-0.39, 0.29) is 5.97 Å². The summed E-state index contributed by atoms with van der Waals surface area (Å²) in [5.74, 6) is -0.287. The zero-order valence-corrected chi connectivity index (χ0v) is 11.7. The minimum atomic E-state index is -0.287. The number of hydrogen-bond donors (Lipinski definition) is 1. The quantitative estimate of drug-likeness (QED) is 0.627. The van der Waals surface area contributed by atoms with Crippen molar-refractivity contribution < 1.29 is 9.53 Å². The number of ether oxygens (including phenoxy) is 1. The number of esters is 1. The molecular formula is C16H21NO2. The maximum absolute atomic E-state index is 11.7. The van der Waals surface area contributed by atoms with E-state index in [4.69, 9.17) is 4.74 Å². The van der Waals surface area contributed by atoms with Gasteiger partial charge >= 0.3 is 5.97 Å². The monoisotopic (exact) mass is 259 g/mol. The average Bonchev–Trinajstić information content (AvgIpc) is 2.85. The number of carbonyl (C=O) groups excluding carboxylic acids is 1. The predicted octanol–water partition coefficient (Wildman–Crippen LogP) is 4.08. The van der Waals surface area contributed by atoms with E-state index in [1.54, 1.807) is 6.07 Å². The summed E-state index contributed by atoms with van der Waals surface area (Å²) < 4.78 is 4.81. The van der Waals surface area contributed by atoms with Crippen LogP contribution in [0.5, 0.6) is 0 Å². The van der Waals surface area contributed by atoms with Gasteiger partial charge in [-0.3, -0.25) is 0 Å². The Morgan fingerprint density at radius 3 is 2.84 bits per heavy atom. The Morgan fingerprint density at radius 1 is 1.26 bits per heavy atom. The van der Waals surface area contributed by atoms with Gasteiger partial charge in [0.2, 0.25) is 0 Å². The van der Waals surface area contributed by atoms with Crippen LogP contribution in [0.15, 0.2) is 24.3 Å². The number of aryl methyl sites for hydroxylation is 1. The molecule has 0 fully saturated rings. The molecule has 19 heavy (non-hydrogen) atoms. The van der Waals surface area contributed by atoms with Crippen molar-refractivity contribution in [2.24, 2.45) is 0 Å². The minimum absolute atomic E-state index is 0.287. The Morgan fingerprint density at radius 2 is 2.11 bits per heavy atom. The van der Waals surface area contributed by atoms with E-state index in [0.29, 0.717) is 5.56 Å². The van der Waals surface area contributed by atoms with Gasteiger partial charge in [-0.2, -0.15) is 0 Å². The van der Waals surface area contributed by atoms with E-state index < -0.39 is 0 Å². The zero-order chi connectivity index (χ0) is 13.7. The number of methoxy groups -OCH3 is 1. The Kier molecular flexibility index (Phi) is 4.61. The summed E-state index contributed by atoms with van der Waals surface area (Å²) in [4.78, 5) is 15.0. The van der Waals surface area contributed by atoms with Gasteiger partial charge < -0.3 is 9.72 Å². The molecule has 0 radical (unpaired) electrons. The van der Waals surface area contributed by atoms with Crippen molar-refractivity contribution in [2.75, 3.05) is 7.11 Å². The Balaban J connectivity index is 2.18. The van der Waals surface area contributed by atoms with Gasteiger partial charge in [0.15, 0.2) is 0 Å². The second-order valence-corrected chi connectivity index (χ2v) is 4.87. The molecule has 0 aliphatic rings. The van der Waals surface area contributed by atoms with Gasteiger partial charge in [0.1, 0.15) is 0 Å². The number of rotatable bonds is 6. The summed E-state index contributed by atoms with van der Waals surface area (Å²) in [6.45, 7) is 2.21. The molecular weight excluding hydrogens is 238 g/mol. The fraction of sp³-hybridized carbons (Fsp3) is 0.438. The van der Waals surface area contributed by atoms with E-state index in [2.05, 4.69) is 18.0 Å². The lowest BCUT2D eigenvalue weighted by Crippen LogP contribution is -2.01. The first-order valence-electron chi connectivity index (χ1n) is 6.95. The zero-order valence-electron chi connectivity index (χ0n) is 11.7. The first-order valence-corrected chi connectivity index (χ1v) is 6.95. The van der Waals surface area contributed by atoms with Gasteiger partial charge in [-0.1, -0.05) is 38.3 Å². The Bertz CT molecular complexity index is 557. The van der Waals surface area contributed by atoms with Crippen molar-refractivity contribution in [3.8, 4) is 0 Å². The lowest BCUT2D eigenvalue weighted by atomic mass is 10.1. The maximum atomic E-state index is 11.7. The third-order valence-corrected chi connectivity index (χ3v) is 3.42. The summed E-state index contributed by atoms with van der Waals surface area (Å²) in [6.07, 6.45) is 6.02. The van der Waals surface area contributed by atoms with E-state index in [9.17, 15) is 4.79 Å². The van der Waals surface area contributed by atoms with Crippen LogP contribution >= 0.6 is 0 Å². The third kappa shape index (κ3) is 3.16. The van der Waals surface area contributed by atoms with Crippen molar-refractivity contribution in [3.05, 3.63) is 35.5 Å². The molecule has 0 bridgehead atoms. The molecule has 102 valence electrons. The molecule has 1 aromatic carbocycles. The summed E-state index contributed by atoms with van der Waals surface area (Å²) in [7, 11) is 1.41. The molecule has 0 spiro atoms. The number of aromatic nitrogens is 1. The summed E-state index contributed by atoms with van der Waals surface area (Å²) >= 11 is 0. The summed E-state index contributed by atoms with van der Waals surface area (Å²) in [5.41, 5.74) is 2.70. The number of hydrogen-bond acceptors (Lipinski definition) is 2. The van der Waals surface area contributed by atoms with Crippen LogP contribution in [0.25, 0.3) is 10.9 Å². The molecule has 0 unspecified atom stereocenters. The van der Waals surface area contributed by atoms with Gasteiger partial charge in [0, 0.05) is 11.1 Å². The van der Waals surface area contributed by atoms with Crippen LogP contribution in [0.1, 0.15) is 48.7 Å². The SMILES string of the molecule is CCCCCCc1cc2cccc(C(=O)OC)c2[nH]1. The highest BCUT2D eigenvalue weighted by Crippen LogP contribution is 2.21. The number of benzene rings is 1. The summed E-state index contributed by atoms with van der Waals surface area (Å²) in [6, 6.07) is 7.84. The largest absolute Gasteiger partial charge is 0.465 e. The molecule has 3 heteroatoms. The lowest BCUT2D eigenvalue weighted by Gasteiger charge is -2.00. The normalized spacial score (nSPS) is 10.8. The molecule has 3 nitrogen and oxygen atoms in total. The molecule has 0 atom stereocenters. The average molecular weight is 259 g/mol. The number of para-hydroxylation sites is 1. The third-order valence-electron chi connectivity index (χ3n) is 3.42. The Hall–Kier alpha value is -1.77. The highest BCUT2D eigenvalue weighted by atomic mass is 16.5. The van der Waals surface area contributed by atoms with Crippen molar-refractivity contribution in [3.63, 3.8) is 0 Å². The van der Waals surface area contributed by atoms with Crippen molar-refractivity contribution >= 4 is 16.9 Å². The fourth-order valence-electron chi connectivity index (χ4n) is 2.37. The summed E-state index contributed by atoms with van der Waals surface area (Å²) in [5, 5.41) is 1.08. The van der Waals surface area contributed by atoms with Gasteiger partial charge in [-0.05, 0) is 25.0 Å². The molecule has 0 amide bonds. The molecule has 1 heterocycles. The van der Waals surface area contributed by atoms with E-state index in [0.717, 1.165) is 17.3 Å². The Labute approximate surface area is 114 Å². The van der Waals surface area contributed by atoms with E-state index in [1.165, 1.54) is 38.5 Å². The van der Waals surface area contributed by atoms with Crippen LogP contribution in [0.3, 0.4) is 0 Å². The molecule has 0 saturated heterocycles. The van der Waals surface area contributed by atoms with Crippen LogP contribution in [-0.4, -0.2) is 18.1 Å². The van der Waals surface area contributed by atoms with Gasteiger partial charge in [0.05, 0.1) is 18.2 Å². The van der Waals surface area contributed by atoms with Crippen molar-refractivity contribution in [2.45, 2.75) is 39.0 Å². The molecule has 1 N–H and O–H groups in total. The first-order chi connectivity index (χ1) is 9.26. The minimum Gasteiger partial charge on any atom is -0.465 e. The molecule has 2 rings (SSSR count). The molecule has 1 aromatic heterocycles. The number of carbonyl (C=O) groups is 1. The van der Waals surface area contributed by atoms with Crippen molar-refractivity contribution in [1.82, 2.24) is 4.98 Å². The van der Waals surface area contributed by atoms with Crippen molar-refractivity contribution in [1.29, 1.82) is 0 Å². The van der Waals surface area contributed by atoms with Crippen LogP contribution in [0.4, 0.5) is 0 Å². The van der Waals surface area contributed by atoms with Crippen LogP contribution in [0, 0.1) is 0 Å². The molecule has 0 aliphatic heterocycles. The highest BCUT2D eigenvalue weighted by molar-refractivity contribution is 6.03. The predicted molar refractivity (Wildman–Crippen MR) is 77.5 cm³/mol. The highest BCUT2D eigenvalue weighted by Gasteiger charge is 2.12. The lowest BCUT2D eigenvalue weighted by molar-refractivity contribution is 0.0603. The topological polar surface area (TPSA) is 42.1 Å². The number of H-pyrrole nitrogens is 1. The standard InChI is InChI=1S/C16H21NO2/c1-3-4-5-6-9-13-11-12-8-7-10-14(15(12)17-13)16(18)19-2/h7-8,10-11,17H,3-6,9H2,1-2H3. The van der Waals surface area contributed by atoms with Crippen LogP contribution < -0.4 is 0 Å². The number of fused-ring (bicyclic) bond motifs is 1. The fourth-order valence-corrected chi connectivity index (χ4v) is 2.37. The number of nitrogens with one attached hydrogen (secondary N) is 1. The molecule has 0 aliphatic carbocycles. The molecule has 0 saturated carbocycles. The number of unbranched alkanes of at least 4 members (excludes halogenated alkanes) is 3. The van der Waals surface area contributed by atoms with Crippen LogP contribution in [-0.2, 0) is 11.2 Å². The second-order valence-electron chi connectivity index (χ2n) is 4.87. The second kappa shape index (κ2) is 6.41.